The van der Waals surface area contributed by atoms with Gasteiger partial charge < -0.3 is 4.74 Å². The van der Waals surface area contributed by atoms with Crippen molar-refractivity contribution >= 4 is 24.3 Å². The number of benzene rings is 2. The molecule has 2 aromatic carbocycles. The molecule has 0 fully saturated rings. The fourth-order valence-electron chi connectivity index (χ4n) is 2.51. The molecule has 7 nitrogen and oxygen atoms in total. The monoisotopic (exact) mass is 396 g/mol. The Labute approximate surface area is 167 Å². The number of rotatable bonds is 8. The van der Waals surface area contributed by atoms with Crippen molar-refractivity contribution in [3.05, 3.63) is 71.4 Å². The van der Waals surface area contributed by atoms with Gasteiger partial charge in [-0.3, -0.25) is 9.10 Å². The highest BCUT2D eigenvalue weighted by Crippen LogP contribution is 2.19. The van der Waals surface area contributed by atoms with Crippen LogP contribution >= 0.6 is 11.9 Å². The summed E-state index contributed by atoms with van der Waals surface area (Å²) >= 11 is 1.33. The van der Waals surface area contributed by atoms with Gasteiger partial charge in [-0.2, -0.15) is 0 Å². The first-order chi connectivity index (χ1) is 13.6. The Balaban J connectivity index is 1.57. The SMILES string of the molecule is COC(=O)c1ccc(CN(C=O)SCn2cc(-c3ccc(C)cc3)nn2)cc1. The zero-order valence-electron chi connectivity index (χ0n) is 15.6. The minimum absolute atomic E-state index is 0.385. The number of aromatic nitrogens is 3. The van der Waals surface area contributed by atoms with Crippen LogP contribution in [0.1, 0.15) is 21.5 Å². The first-order valence-electron chi connectivity index (χ1n) is 8.58. The molecule has 0 aliphatic carbocycles. The second kappa shape index (κ2) is 9.18. The largest absolute Gasteiger partial charge is 0.465 e. The minimum Gasteiger partial charge on any atom is -0.465 e. The first-order valence-corrected chi connectivity index (χ1v) is 9.52. The molecule has 0 saturated carbocycles. The van der Waals surface area contributed by atoms with E-state index in [9.17, 15) is 9.59 Å². The molecule has 0 aliphatic heterocycles. The van der Waals surface area contributed by atoms with Crippen LogP contribution in [0.15, 0.2) is 54.7 Å². The number of amides is 1. The number of esters is 1. The predicted molar refractivity (Wildman–Crippen MR) is 107 cm³/mol. The number of carbonyl (C=O) groups is 2. The van der Waals surface area contributed by atoms with E-state index in [0.717, 1.165) is 23.2 Å². The van der Waals surface area contributed by atoms with Gasteiger partial charge >= 0.3 is 5.97 Å². The molecule has 0 spiro atoms. The topological polar surface area (TPSA) is 77.3 Å². The molecule has 28 heavy (non-hydrogen) atoms. The van der Waals surface area contributed by atoms with Crippen molar-refractivity contribution in [1.29, 1.82) is 0 Å². The van der Waals surface area contributed by atoms with Crippen LogP contribution in [0.2, 0.25) is 0 Å². The third kappa shape index (κ3) is 4.98. The summed E-state index contributed by atoms with van der Waals surface area (Å²) in [5.74, 6) is 0.0708. The number of hydrogen-bond donors (Lipinski definition) is 0. The molecule has 144 valence electrons. The van der Waals surface area contributed by atoms with Crippen LogP contribution in [-0.4, -0.2) is 38.8 Å². The summed E-state index contributed by atoms with van der Waals surface area (Å²) in [6, 6.07) is 15.0. The van der Waals surface area contributed by atoms with Crippen LogP contribution in [-0.2, 0) is 22.0 Å². The molecule has 3 aromatic rings. The fourth-order valence-corrected chi connectivity index (χ4v) is 3.20. The predicted octanol–water partition coefficient (Wildman–Crippen LogP) is 3.30. The van der Waals surface area contributed by atoms with Gasteiger partial charge in [-0.05, 0) is 36.6 Å². The Bertz CT molecular complexity index is 939. The Morgan fingerprint density at radius 1 is 1.18 bits per heavy atom. The zero-order valence-corrected chi connectivity index (χ0v) is 16.4. The molecule has 8 heteroatoms. The average molecular weight is 396 g/mol. The van der Waals surface area contributed by atoms with Gasteiger partial charge in [0.1, 0.15) is 11.6 Å². The molecular weight excluding hydrogens is 376 g/mol. The van der Waals surface area contributed by atoms with E-state index in [1.165, 1.54) is 24.6 Å². The third-order valence-electron chi connectivity index (χ3n) is 4.07. The van der Waals surface area contributed by atoms with Gasteiger partial charge in [0.15, 0.2) is 0 Å². The molecule has 0 saturated heterocycles. The van der Waals surface area contributed by atoms with Gasteiger partial charge in [0.05, 0.1) is 25.4 Å². The van der Waals surface area contributed by atoms with Gasteiger partial charge in [-0.1, -0.05) is 47.2 Å². The van der Waals surface area contributed by atoms with E-state index >= 15 is 0 Å². The number of carbonyl (C=O) groups excluding carboxylic acids is 2. The fraction of sp³-hybridized carbons (Fsp3) is 0.200. The minimum atomic E-state index is -0.385. The van der Waals surface area contributed by atoms with E-state index in [-0.39, 0.29) is 5.97 Å². The van der Waals surface area contributed by atoms with Crippen molar-refractivity contribution in [3.8, 4) is 11.3 Å². The number of hydrogen-bond acceptors (Lipinski definition) is 6. The molecule has 3 rings (SSSR count). The molecule has 0 unspecified atom stereocenters. The highest BCUT2D eigenvalue weighted by Gasteiger charge is 2.09. The standard InChI is InChI=1S/C20H20N4O3S/c1-15-3-7-17(8-4-15)19-12-23(22-21-19)14-28-24(13-25)11-16-5-9-18(10-6-16)20(26)27-2/h3-10,12-13H,11,14H2,1-2H3. The Morgan fingerprint density at radius 2 is 1.89 bits per heavy atom. The molecule has 0 atom stereocenters. The second-order valence-electron chi connectivity index (χ2n) is 6.14. The zero-order chi connectivity index (χ0) is 19.9. The Morgan fingerprint density at radius 3 is 2.54 bits per heavy atom. The van der Waals surface area contributed by atoms with Crippen LogP contribution in [0, 0.1) is 6.92 Å². The van der Waals surface area contributed by atoms with Gasteiger partial charge in [0.2, 0.25) is 6.41 Å². The summed E-state index contributed by atoms with van der Waals surface area (Å²) in [4.78, 5) is 22.9. The quantitative estimate of drug-likeness (QED) is 0.330. The van der Waals surface area contributed by atoms with Gasteiger partial charge in [0, 0.05) is 5.56 Å². The number of nitrogens with zero attached hydrogens (tertiary/aromatic N) is 4. The summed E-state index contributed by atoms with van der Waals surface area (Å²) in [5.41, 5.74) is 4.36. The van der Waals surface area contributed by atoms with Crippen LogP contribution in [0.5, 0.6) is 0 Å². The summed E-state index contributed by atoms with van der Waals surface area (Å²) < 4.78 is 7.94. The number of ether oxygens (including phenoxy) is 1. The van der Waals surface area contributed by atoms with Crippen molar-refractivity contribution in [2.75, 3.05) is 7.11 Å². The van der Waals surface area contributed by atoms with E-state index in [1.54, 1.807) is 33.3 Å². The number of aryl methyl sites for hydroxylation is 1. The lowest BCUT2D eigenvalue weighted by Crippen LogP contribution is -2.15. The molecule has 1 heterocycles. The van der Waals surface area contributed by atoms with Crippen molar-refractivity contribution in [3.63, 3.8) is 0 Å². The normalized spacial score (nSPS) is 10.5. The van der Waals surface area contributed by atoms with E-state index in [1.807, 2.05) is 37.4 Å². The maximum absolute atomic E-state index is 11.5. The number of methoxy groups -OCH3 is 1. The van der Waals surface area contributed by atoms with Crippen molar-refractivity contribution in [1.82, 2.24) is 19.3 Å². The van der Waals surface area contributed by atoms with Crippen molar-refractivity contribution < 1.29 is 14.3 Å². The highest BCUT2D eigenvalue weighted by atomic mass is 32.2. The lowest BCUT2D eigenvalue weighted by atomic mass is 10.1. The molecule has 0 radical (unpaired) electrons. The molecule has 1 aromatic heterocycles. The second-order valence-corrected chi connectivity index (χ2v) is 7.12. The first kappa shape index (κ1) is 19.6. The lowest BCUT2D eigenvalue weighted by molar-refractivity contribution is -0.114. The van der Waals surface area contributed by atoms with Crippen molar-refractivity contribution in [2.24, 2.45) is 0 Å². The van der Waals surface area contributed by atoms with Gasteiger partial charge in [-0.15, -0.1) is 5.10 Å². The van der Waals surface area contributed by atoms with E-state index in [4.69, 9.17) is 0 Å². The smallest absolute Gasteiger partial charge is 0.337 e. The van der Waals surface area contributed by atoms with Crippen LogP contribution < -0.4 is 0 Å². The molecular formula is C20H20N4O3S. The molecule has 0 bridgehead atoms. The maximum Gasteiger partial charge on any atom is 0.337 e. The Hall–Kier alpha value is -3.13. The molecule has 0 aliphatic rings. The van der Waals surface area contributed by atoms with Crippen molar-refractivity contribution in [2.45, 2.75) is 19.3 Å². The van der Waals surface area contributed by atoms with Crippen LogP contribution in [0.3, 0.4) is 0 Å². The van der Waals surface area contributed by atoms with Crippen LogP contribution in [0.25, 0.3) is 11.3 Å². The van der Waals surface area contributed by atoms with Gasteiger partial charge in [0.25, 0.3) is 0 Å². The maximum atomic E-state index is 11.5. The highest BCUT2D eigenvalue weighted by molar-refractivity contribution is 7.96. The summed E-state index contributed by atoms with van der Waals surface area (Å²) in [6.45, 7) is 2.45. The van der Waals surface area contributed by atoms with Crippen LogP contribution in [0.4, 0.5) is 0 Å². The van der Waals surface area contributed by atoms with E-state index in [0.29, 0.717) is 18.0 Å². The third-order valence-corrected chi connectivity index (χ3v) is 5.00. The Kier molecular flexibility index (Phi) is 6.44. The van der Waals surface area contributed by atoms with Gasteiger partial charge in [-0.25, -0.2) is 9.48 Å². The summed E-state index contributed by atoms with van der Waals surface area (Å²) in [5, 5.41) is 8.31. The molecule has 0 N–H and O–H groups in total. The average Bonchev–Trinajstić information content (AvgIpc) is 3.20. The lowest BCUT2D eigenvalue weighted by Gasteiger charge is -2.15. The summed E-state index contributed by atoms with van der Waals surface area (Å²) in [6.07, 6.45) is 2.63. The van der Waals surface area contributed by atoms with E-state index in [2.05, 4.69) is 15.0 Å². The molecule has 1 amide bonds. The van der Waals surface area contributed by atoms with E-state index < -0.39 is 0 Å². The summed E-state index contributed by atoms with van der Waals surface area (Å²) in [7, 11) is 1.34.